The molecule has 1 aliphatic carbocycles. The standard InChI is InChI=1S/C20H25N3O4S/c1-12-14(3)28-18(23-10-6-7-11-23)16(12)19(25)27-13(2)17(24)22-20(26)21-15-8-4-5-9-15/h6-7,10-11,13,15H,4-5,8-9H2,1-3H3,(H2,21,22,24,26)/t13-/m1/s1. The van der Waals surface area contributed by atoms with Crippen LogP contribution in [0.2, 0.25) is 0 Å². The van der Waals surface area contributed by atoms with Crippen LogP contribution in [-0.4, -0.2) is 34.6 Å². The van der Waals surface area contributed by atoms with Crippen molar-refractivity contribution < 1.29 is 19.1 Å². The lowest BCUT2D eigenvalue weighted by atomic mass is 10.1. The summed E-state index contributed by atoms with van der Waals surface area (Å²) in [5, 5.41) is 5.78. The van der Waals surface area contributed by atoms with Gasteiger partial charge in [-0.15, -0.1) is 11.3 Å². The van der Waals surface area contributed by atoms with Gasteiger partial charge in [0.15, 0.2) is 6.10 Å². The first kappa shape index (κ1) is 20.1. The van der Waals surface area contributed by atoms with Crippen LogP contribution >= 0.6 is 11.3 Å². The molecule has 0 unspecified atom stereocenters. The molecule has 8 heteroatoms. The van der Waals surface area contributed by atoms with Crippen LogP contribution in [0.3, 0.4) is 0 Å². The summed E-state index contributed by atoms with van der Waals surface area (Å²) >= 11 is 1.49. The maximum Gasteiger partial charge on any atom is 0.342 e. The highest BCUT2D eigenvalue weighted by Crippen LogP contribution is 2.31. The van der Waals surface area contributed by atoms with Crippen LogP contribution in [0.4, 0.5) is 4.79 Å². The van der Waals surface area contributed by atoms with Crippen LogP contribution in [0.15, 0.2) is 24.5 Å². The minimum atomic E-state index is -1.08. The van der Waals surface area contributed by atoms with Gasteiger partial charge in [-0.05, 0) is 51.3 Å². The van der Waals surface area contributed by atoms with Crippen molar-refractivity contribution in [1.29, 1.82) is 0 Å². The highest BCUT2D eigenvalue weighted by molar-refractivity contribution is 7.15. The number of aromatic nitrogens is 1. The van der Waals surface area contributed by atoms with Crippen LogP contribution in [-0.2, 0) is 9.53 Å². The van der Waals surface area contributed by atoms with Crippen LogP contribution in [0.1, 0.15) is 53.4 Å². The molecule has 0 saturated heterocycles. The van der Waals surface area contributed by atoms with E-state index in [9.17, 15) is 14.4 Å². The zero-order valence-electron chi connectivity index (χ0n) is 16.3. The number of aryl methyl sites for hydroxylation is 1. The second-order valence-corrected chi connectivity index (χ2v) is 8.25. The summed E-state index contributed by atoms with van der Waals surface area (Å²) in [7, 11) is 0. The van der Waals surface area contributed by atoms with Crippen molar-refractivity contribution in [3.63, 3.8) is 0 Å². The molecule has 1 fully saturated rings. The summed E-state index contributed by atoms with van der Waals surface area (Å²) < 4.78 is 7.21. The van der Waals surface area contributed by atoms with Gasteiger partial charge in [0, 0.05) is 23.3 Å². The normalized spacial score (nSPS) is 15.2. The average molecular weight is 404 g/mol. The van der Waals surface area contributed by atoms with Gasteiger partial charge in [0.1, 0.15) is 5.00 Å². The van der Waals surface area contributed by atoms with Gasteiger partial charge in [-0.3, -0.25) is 10.1 Å². The van der Waals surface area contributed by atoms with E-state index in [1.54, 1.807) is 0 Å². The van der Waals surface area contributed by atoms with Crippen molar-refractivity contribution in [2.45, 2.75) is 58.6 Å². The molecule has 1 saturated carbocycles. The number of urea groups is 1. The molecule has 3 rings (SSSR count). The summed E-state index contributed by atoms with van der Waals surface area (Å²) in [6.45, 7) is 5.25. The average Bonchev–Trinajstić information content (AvgIpc) is 3.38. The zero-order valence-corrected chi connectivity index (χ0v) is 17.1. The molecule has 0 aliphatic heterocycles. The van der Waals surface area contributed by atoms with Gasteiger partial charge < -0.3 is 14.6 Å². The lowest BCUT2D eigenvalue weighted by Gasteiger charge is -2.16. The van der Waals surface area contributed by atoms with Crippen molar-refractivity contribution in [3.8, 4) is 5.00 Å². The fourth-order valence-corrected chi connectivity index (χ4v) is 4.39. The van der Waals surface area contributed by atoms with Crippen molar-refractivity contribution in [1.82, 2.24) is 15.2 Å². The summed E-state index contributed by atoms with van der Waals surface area (Å²) in [6, 6.07) is 3.30. The van der Waals surface area contributed by atoms with Crippen molar-refractivity contribution in [2.75, 3.05) is 0 Å². The fourth-order valence-electron chi connectivity index (χ4n) is 3.28. The van der Waals surface area contributed by atoms with Gasteiger partial charge in [-0.2, -0.15) is 0 Å². The van der Waals surface area contributed by atoms with Crippen LogP contribution < -0.4 is 10.6 Å². The zero-order chi connectivity index (χ0) is 20.3. The van der Waals surface area contributed by atoms with Crippen molar-refractivity contribution >= 4 is 29.2 Å². The van der Waals surface area contributed by atoms with Crippen LogP contribution in [0, 0.1) is 13.8 Å². The molecule has 7 nitrogen and oxygen atoms in total. The molecule has 1 aliphatic rings. The summed E-state index contributed by atoms with van der Waals surface area (Å²) in [5.41, 5.74) is 1.26. The lowest BCUT2D eigenvalue weighted by Crippen LogP contribution is -2.47. The number of hydrogen-bond acceptors (Lipinski definition) is 5. The number of hydrogen-bond donors (Lipinski definition) is 2. The lowest BCUT2D eigenvalue weighted by molar-refractivity contribution is -0.127. The Morgan fingerprint density at radius 2 is 1.82 bits per heavy atom. The molecule has 2 N–H and O–H groups in total. The Balaban J connectivity index is 1.64. The topological polar surface area (TPSA) is 89.4 Å². The van der Waals surface area contributed by atoms with Gasteiger partial charge in [0.25, 0.3) is 5.91 Å². The highest BCUT2D eigenvalue weighted by Gasteiger charge is 2.27. The molecular formula is C20H25N3O4S. The SMILES string of the molecule is Cc1sc(-n2cccc2)c(C(=O)O[C@H](C)C(=O)NC(=O)NC2CCCC2)c1C. The molecule has 150 valence electrons. The van der Waals surface area contributed by atoms with Gasteiger partial charge in [0.2, 0.25) is 0 Å². The molecule has 0 aromatic carbocycles. The van der Waals surface area contributed by atoms with Gasteiger partial charge in [-0.25, -0.2) is 9.59 Å². The third kappa shape index (κ3) is 4.44. The number of thiophene rings is 1. The van der Waals surface area contributed by atoms with E-state index in [1.165, 1.54) is 18.3 Å². The first-order valence-corrected chi connectivity index (χ1v) is 10.2. The minimum Gasteiger partial charge on any atom is -0.449 e. The van der Waals surface area contributed by atoms with E-state index in [2.05, 4.69) is 10.6 Å². The molecule has 0 radical (unpaired) electrons. The quantitative estimate of drug-likeness (QED) is 0.748. The minimum absolute atomic E-state index is 0.103. The Morgan fingerprint density at radius 1 is 1.18 bits per heavy atom. The molecule has 2 aromatic heterocycles. The van der Waals surface area contributed by atoms with E-state index >= 15 is 0 Å². The van der Waals surface area contributed by atoms with E-state index in [0.717, 1.165) is 41.1 Å². The number of esters is 1. The second-order valence-electron chi connectivity index (χ2n) is 7.05. The second kappa shape index (κ2) is 8.60. The molecule has 28 heavy (non-hydrogen) atoms. The van der Waals surface area contributed by atoms with Crippen molar-refractivity contribution in [3.05, 3.63) is 40.5 Å². The number of nitrogens with zero attached hydrogens (tertiary/aromatic N) is 1. The first-order chi connectivity index (χ1) is 13.4. The predicted octanol–water partition coefficient (Wildman–Crippen LogP) is 3.47. The van der Waals surface area contributed by atoms with Crippen LogP contribution in [0.5, 0.6) is 0 Å². The van der Waals surface area contributed by atoms with Crippen molar-refractivity contribution in [2.24, 2.45) is 0 Å². The number of carbonyl (C=O) groups excluding carboxylic acids is 3. The maximum absolute atomic E-state index is 12.8. The van der Waals surface area contributed by atoms with E-state index in [-0.39, 0.29) is 6.04 Å². The Bertz CT molecular complexity index is 866. The van der Waals surface area contributed by atoms with E-state index in [4.69, 9.17) is 4.74 Å². The Morgan fingerprint density at radius 3 is 2.46 bits per heavy atom. The molecular weight excluding hydrogens is 378 g/mol. The molecule has 2 heterocycles. The summed E-state index contributed by atoms with van der Waals surface area (Å²) in [5.74, 6) is -1.22. The fraction of sp³-hybridized carbons (Fsp3) is 0.450. The van der Waals surface area contributed by atoms with Crippen LogP contribution in [0.25, 0.3) is 5.00 Å². The number of nitrogens with one attached hydrogen (secondary N) is 2. The number of ether oxygens (including phenoxy) is 1. The van der Waals surface area contributed by atoms with E-state index in [1.807, 2.05) is 42.9 Å². The predicted molar refractivity (Wildman–Crippen MR) is 107 cm³/mol. The molecule has 0 spiro atoms. The highest BCUT2D eigenvalue weighted by atomic mass is 32.1. The molecule has 0 bridgehead atoms. The first-order valence-electron chi connectivity index (χ1n) is 9.42. The number of amides is 3. The third-order valence-electron chi connectivity index (χ3n) is 4.99. The Hall–Kier alpha value is -2.61. The Labute approximate surface area is 168 Å². The van der Waals surface area contributed by atoms with E-state index in [0.29, 0.717) is 5.56 Å². The summed E-state index contributed by atoms with van der Waals surface area (Å²) in [6.07, 6.45) is 6.62. The number of carbonyl (C=O) groups is 3. The summed E-state index contributed by atoms with van der Waals surface area (Å²) in [4.78, 5) is 38.0. The molecule has 1 atom stereocenters. The van der Waals surface area contributed by atoms with E-state index < -0.39 is 24.0 Å². The van der Waals surface area contributed by atoms with Gasteiger partial charge >= 0.3 is 12.0 Å². The number of imide groups is 1. The Kier molecular flexibility index (Phi) is 6.18. The maximum atomic E-state index is 12.8. The monoisotopic (exact) mass is 403 g/mol. The van der Waals surface area contributed by atoms with Gasteiger partial charge in [0.05, 0.1) is 5.56 Å². The molecule has 3 amide bonds. The van der Waals surface area contributed by atoms with Gasteiger partial charge in [-0.1, -0.05) is 12.8 Å². The third-order valence-corrected chi connectivity index (χ3v) is 6.21. The largest absolute Gasteiger partial charge is 0.449 e. The molecule has 2 aromatic rings. The smallest absolute Gasteiger partial charge is 0.342 e. The number of rotatable bonds is 5.